The maximum absolute atomic E-state index is 13.0. The number of nitrogens with one attached hydrogen (secondary N) is 2. The molecule has 2 amide bonds. The highest BCUT2D eigenvalue weighted by atomic mass is 19.1. The number of hydrogen-bond donors (Lipinski definition) is 2. The number of anilines is 1. The van der Waals surface area contributed by atoms with Gasteiger partial charge in [-0.2, -0.15) is 0 Å². The van der Waals surface area contributed by atoms with Crippen LogP contribution in [0.4, 0.5) is 10.1 Å². The topological polar surface area (TPSA) is 84.7 Å². The number of halogens is 1. The Morgan fingerprint density at radius 1 is 1.18 bits per heavy atom. The summed E-state index contributed by atoms with van der Waals surface area (Å²) in [6.45, 7) is 1.11. The molecule has 0 saturated carbocycles. The fourth-order valence-electron chi connectivity index (χ4n) is 3.18. The quantitative estimate of drug-likeness (QED) is 0.711. The fraction of sp³-hybridized carbons (Fsp3) is 0.250. The van der Waals surface area contributed by atoms with Crippen LogP contribution in [0.15, 0.2) is 48.7 Å². The monoisotopic (exact) mass is 382 g/mol. The van der Waals surface area contributed by atoms with Crippen LogP contribution < -0.4 is 10.6 Å². The zero-order chi connectivity index (χ0) is 19.5. The summed E-state index contributed by atoms with van der Waals surface area (Å²) in [4.78, 5) is 29.6. The van der Waals surface area contributed by atoms with E-state index in [-0.39, 0.29) is 23.5 Å². The van der Waals surface area contributed by atoms with Gasteiger partial charge in [0.25, 0.3) is 11.8 Å². The smallest absolute Gasteiger partial charge is 0.292 e. The van der Waals surface area contributed by atoms with Crippen LogP contribution in [0.3, 0.4) is 0 Å². The average molecular weight is 382 g/mol. The van der Waals surface area contributed by atoms with Crippen molar-refractivity contribution in [1.82, 2.24) is 14.7 Å². The lowest BCUT2D eigenvalue weighted by molar-refractivity contribution is 0.0855. The van der Waals surface area contributed by atoms with Crippen molar-refractivity contribution in [2.75, 3.05) is 18.5 Å². The molecule has 3 heterocycles. The molecule has 2 aromatic heterocycles. The third-order valence-corrected chi connectivity index (χ3v) is 4.58. The minimum atomic E-state index is -0.494. The van der Waals surface area contributed by atoms with Crippen LogP contribution in [-0.4, -0.2) is 40.5 Å². The summed E-state index contributed by atoms with van der Waals surface area (Å²) in [5.41, 5.74) is 1.13. The van der Waals surface area contributed by atoms with Crippen LogP contribution in [0.2, 0.25) is 0 Å². The SMILES string of the molecule is O=C(NCC1CCCO1)c1nc(C(=O)Nc2ccc(F)cc2)n2ccccc12. The third kappa shape index (κ3) is 3.72. The number of fused-ring (bicyclic) bond motifs is 1. The lowest BCUT2D eigenvalue weighted by atomic mass is 10.2. The van der Waals surface area contributed by atoms with Crippen molar-refractivity contribution in [3.05, 3.63) is 66.0 Å². The van der Waals surface area contributed by atoms with Crippen molar-refractivity contribution in [3.63, 3.8) is 0 Å². The van der Waals surface area contributed by atoms with Gasteiger partial charge < -0.3 is 15.4 Å². The summed E-state index contributed by atoms with van der Waals surface area (Å²) < 4.78 is 20.1. The second-order valence-electron chi connectivity index (χ2n) is 6.55. The molecule has 1 atom stereocenters. The molecule has 2 N–H and O–H groups in total. The Balaban J connectivity index is 1.57. The van der Waals surface area contributed by atoms with Crippen molar-refractivity contribution in [1.29, 1.82) is 0 Å². The van der Waals surface area contributed by atoms with Gasteiger partial charge in [-0.1, -0.05) is 6.07 Å². The van der Waals surface area contributed by atoms with Crippen molar-refractivity contribution in [2.45, 2.75) is 18.9 Å². The van der Waals surface area contributed by atoms with Gasteiger partial charge in [0.05, 0.1) is 11.6 Å². The van der Waals surface area contributed by atoms with E-state index >= 15 is 0 Å². The molecule has 144 valence electrons. The molecule has 0 bridgehead atoms. The highest BCUT2D eigenvalue weighted by Crippen LogP contribution is 2.16. The molecule has 1 aromatic carbocycles. The highest BCUT2D eigenvalue weighted by Gasteiger charge is 2.23. The Morgan fingerprint density at radius 2 is 2.00 bits per heavy atom. The summed E-state index contributed by atoms with van der Waals surface area (Å²) in [6, 6.07) is 10.7. The largest absolute Gasteiger partial charge is 0.376 e. The van der Waals surface area contributed by atoms with Crippen LogP contribution in [0.1, 0.15) is 33.9 Å². The molecule has 0 radical (unpaired) electrons. The molecule has 28 heavy (non-hydrogen) atoms. The number of rotatable bonds is 5. The first-order valence-corrected chi connectivity index (χ1v) is 9.05. The lowest BCUT2D eigenvalue weighted by Crippen LogP contribution is -2.32. The van der Waals surface area contributed by atoms with Crippen LogP contribution in [0.25, 0.3) is 5.52 Å². The van der Waals surface area contributed by atoms with Gasteiger partial charge >= 0.3 is 0 Å². The molecule has 0 spiro atoms. The van der Waals surface area contributed by atoms with Crippen LogP contribution in [0.5, 0.6) is 0 Å². The standard InChI is InChI=1S/C20H19FN4O3/c21-13-6-8-14(9-7-13)23-20(27)18-24-17(16-5-1-2-10-25(16)18)19(26)22-12-15-4-3-11-28-15/h1-2,5-10,15H,3-4,11-12H2,(H,22,26)(H,23,27). The minimum absolute atomic E-state index is 0.0130. The first kappa shape index (κ1) is 18.1. The minimum Gasteiger partial charge on any atom is -0.376 e. The summed E-state index contributed by atoms with van der Waals surface area (Å²) in [6.07, 6.45) is 3.58. The zero-order valence-electron chi connectivity index (χ0n) is 15.0. The van der Waals surface area contributed by atoms with Crippen molar-refractivity contribution < 1.29 is 18.7 Å². The predicted octanol–water partition coefficient (Wildman–Crippen LogP) is 2.63. The molecule has 8 heteroatoms. The zero-order valence-corrected chi connectivity index (χ0v) is 15.0. The summed E-state index contributed by atoms with van der Waals surface area (Å²) in [7, 11) is 0. The van der Waals surface area contributed by atoms with Gasteiger partial charge in [0.15, 0.2) is 5.69 Å². The van der Waals surface area contributed by atoms with E-state index in [0.29, 0.717) is 24.4 Å². The number of benzene rings is 1. The normalized spacial score (nSPS) is 16.2. The van der Waals surface area contributed by atoms with Crippen LogP contribution in [0, 0.1) is 5.82 Å². The van der Waals surface area contributed by atoms with Crippen LogP contribution >= 0.6 is 0 Å². The highest BCUT2D eigenvalue weighted by molar-refractivity contribution is 6.06. The second-order valence-corrected chi connectivity index (χ2v) is 6.55. The average Bonchev–Trinajstić information content (AvgIpc) is 3.36. The molecular weight excluding hydrogens is 363 g/mol. The maximum atomic E-state index is 13.0. The Hall–Kier alpha value is -3.26. The molecular formula is C20H19FN4O3. The summed E-state index contributed by atoms with van der Waals surface area (Å²) in [5, 5.41) is 5.49. The summed E-state index contributed by atoms with van der Waals surface area (Å²) >= 11 is 0. The van der Waals surface area contributed by atoms with Gasteiger partial charge in [-0.25, -0.2) is 9.37 Å². The van der Waals surface area contributed by atoms with Gasteiger partial charge in [0.2, 0.25) is 5.82 Å². The molecule has 1 fully saturated rings. The van der Waals surface area contributed by atoms with Crippen molar-refractivity contribution in [2.24, 2.45) is 0 Å². The molecule has 7 nitrogen and oxygen atoms in total. The maximum Gasteiger partial charge on any atom is 0.292 e. The molecule has 4 rings (SSSR count). The molecule has 1 unspecified atom stereocenters. The number of carbonyl (C=O) groups is 2. The number of hydrogen-bond acceptors (Lipinski definition) is 4. The van der Waals surface area contributed by atoms with E-state index in [2.05, 4.69) is 15.6 Å². The third-order valence-electron chi connectivity index (χ3n) is 4.58. The number of imidazole rings is 1. The van der Waals surface area contributed by atoms with Gasteiger partial charge in [0, 0.05) is 25.0 Å². The molecule has 0 aliphatic carbocycles. The van der Waals surface area contributed by atoms with E-state index in [1.165, 1.54) is 24.3 Å². The van der Waals surface area contributed by atoms with Crippen LogP contribution in [-0.2, 0) is 4.74 Å². The number of nitrogens with zero attached hydrogens (tertiary/aromatic N) is 2. The van der Waals surface area contributed by atoms with Crippen molar-refractivity contribution in [3.8, 4) is 0 Å². The first-order valence-electron chi connectivity index (χ1n) is 9.05. The van der Waals surface area contributed by atoms with E-state index in [9.17, 15) is 14.0 Å². The predicted molar refractivity (Wildman–Crippen MR) is 101 cm³/mol. The lowest BCUT2D eigenvalue weighted by Gasteiger charge is -2.09. The Bertz CT molecular complexity index is 1010. The number of amides is 2. The number of pyridine rings is 1. The van der Waals surface area contributed by atoms with Gasteiger partial charge in [-0.3, -0.25) is 14.0 Å². The Kier molecular flexibility index (Phi) is 5.03. The number of carbonyl (C=O) groups excluding carboxylic acids is 2. The van der Waals surface area contributed by atoms with Gasteiger partial charge in [-0.15, -0.1) is 0 Å². The van der Waals surface area contributed by atoms with E-state index in [0.717, 1.165) is 12.8 Å². The summed E-state index contributed by atoms with van der Waals surface area (Å²) in [5.74, 6) is -1.18. The fourth-order valence-corrected chi connectivity index (χ4v) is 3.18. The number of aromatic nitrogens is 2. The van der Waals surface area contributed by atoms with E-state index in [4.69, 9.17) is 4.74 Å². The van der Waals surface area contributed by atoms with E-state index < -0.39 is 11.7 Å². The Morgan fingerprint density at radius 3 is 2.75 bits per heavy atom. The first-order chi connectivity index (χ1) is 13.6. The molecule has 1 saturated heterocycles. The van der Waals surface area contributed by atoms with E-state index in [1.807, 2.05) is 0 Å². The van der Waals surface area contributed by atoms with E-state index in [1.54, 1.807) is 28.8 Å². The van der Waals surface area contributed by atoms with Gasteiger partial charge in [0.1, 0.15) is 5.82 Å². The van der Waals surface area contributed by atoms with Crippen molar-refractivity contribution >= 4 is 23.0 Å². The van der Waals surface area contributed by atoms with Gasteiger partial charge in [-0.05, 0) is 49.2 Å². The molecule has 1 aliphatic heterocycles. The number of ether oxygens (including phenoxy) is 1. The second kappa shape index (κ2) is 7.77. The molecule has 3 aromatic rings. The molecule has 1 aliphatic rings. The Labute approximate surface area is 160 Å².